The number of carbonyl (C=O) groups excluding carboxylic acids is 1. The molecule has 8 heteroatoms. The molecule has 6 nitrogen and oxygen atoms in total. The Kier molecular flexibility index (Phi) is 7.94. The van der Waals surface area contributed by atoms with Crippen LogP contribution in [0.2, 0.25) is 0 Å². The highest BCUT2D eigenvalue weighted by atomic mass is 32.2. The van der Waals surface area contributed by atoms with Crippen molar-refractivity contribution in [3.8, 4) is 0 Å². The fraction of sp³-hybridized carbons (Fsp3) is 0.222. The van der Waals surface area contributed by atoms with E-state index in [2.05, 4.69) is 9.62 Å². The fourth-order valence-corrected chi connectivity index (χ4v) is 4.84. The number of sulfonamides is 1. The normalized spacial score (nSPS) is 15.2. The van der Waals surface area contributed by atoms with Crippen LogP contribution in [0.15, 0.2) is 84.3 Å². The number of hydrogen-bond donors (Lipinski definition) is 1. The van der Waals surface area contributed by atoms with E-state index in [1.54, 1.807) is 36.4 Å². The van der Waals surface area contributed by atoms with Crippen LogP contribution in [0.3, 0.4) is 0 Å². The Bertz CT molecular complexity index is 1260. The summed E-state index contributed by atoms with van der Waals surface area (Å²) in [6.45, 7) is 3.55. The second kappa shape index (κ2) is 11.3. The molecular formula is C27H28FN3O3S. The van der Waals surface area contributed by atoms with Gasteiger partial charge in [-0.1, -0.05) is 42.5 Å². The average Bonchev–Trinajstić information content (AvgIpc) is 3.10. The third-order valence-electron chi connectivity index (χ3n) is 5.83. The lowest BCUT2D eigenvalue weighted by Crippen LogP contribution is -2.35. The molecule has 1 fully saturated rings. The van der Waals surface area contributed by atoms with Gasteiger partial charge in [0.2, 0.25) is 0 Å². The van der Waals surface area contributed by atoms with Gasteiger partial charge in [-0.2, -0.15) is 0 Å². The van der Waals surface area contributed by atoms with Crippen molar-refractivity contribution in [2.24, 2.45) is 0 Å². The summed E-state index contributed by atoms with van der Waals surface area (Å²) in [6.07, 6.45) is 2.37. The smallest absolute Gasteiger partial charge is 0.255 e. The third kappa shape index (κ3) is 7.24. The minimum atomic E-state index is -3.68. The SMILES string of the molecule is O=C(c1ccc(NS(=O)(=O)/C=C/c2ccccc2)cc1)N1CCCN(Cc2ccc(F)cc2)CC1. The van der Waals surface area contributed by atoms with E-state index < -0.39 is 10.0 Å². The van der Waals surface area contributed by atoms with Crippen molar-refractivity contribution in [2.75, 3.05) is 30.9 Å². The number of anilines is 1. The lowest BCUT2D eigenvalue weighted by molar-refractivity contribution is 0.0761. The van der Waals surface area contributed by atoms with Crippen LogP contribution in [0.25, 0.3) is 6.08 Å². The number of amides is 1. The molecule has 182 valence electrons. The first kappa shape index (κ1) is 24.6. The van der Waals surface area contributed by atoms with Gasteiger partial charge in [0.25, 0.3) is 15.9 Å². The highest BCUT2D eigenvalue weighted by Gasteiger charge is 2.20. The molecule has 0 unspecified atom stereocenters. The lowest BCUT2D eigenvalue weighted by atomic mass is 10.2. The third-order valence-corrected chi connectivity index (χ3v) is 6.84. The quantitative estimate of drug-likeness (QED) is 0.523. The van der Waals surface area contributed by atoms with Gasteiger partial charge in [-0.15, -0.1) is 0 Å². The van der Waals surface area contributed by atoms with Crippen LogP contribution in [-0.2, 0) is 16.6 Å². The Hall–Kier alpha value is -3.49. The molecule has 35 heavy (non-hydrogen) atoms. The van der Waals surface area contributed by atoms with Crippen molar-refractivity contribution in [2.45, 2.75) is 13.0 Å². The van der Waals surface area contributed by atoms with Gasteiger partial charge in [-0.05, 0) is 60.0 Å². The summed E-state index contributed by atoms with van der Waals surface area (Å²) in [6, 6.07) is 22.2. The van der Waals surface area contributed by atoms with E-state index in [0.29, 0.717) is 24.3 Å². The Morgan fingerprint density at radius 3 is 2.31 bits per heavy atom. The van der Waals surface area contributed by atoms with Gasteiger partial charge in [0, 0.05) is 44.0 Å². The molecule has 0 atom stereocenters. The van der Waals surface area contributed by atoms with Crippen molar-refractivity contribution < 1.29 is 17.6 Å². The van der Waals surface area contributed by atoms with Crippen LogP contribution < -0.4 is 4.72 Å². The second-order valence-corrected chi connectivity index (χ2v) is 10.1. The van der Waals surface area contributed by atoms with E-state index in [9.17, 15) is 17.6 Å². The standard InChI is InChI=1S/C27H28FN3O3S/c28-25-11-7-23(8-12-25)21-30-16-4-17-31(19-18-30)27(32)24-9-13-26(14-10-24)29-35(33,34)20-15-22-5-2-1-3-6-22/h1-3,5-15,20,29H,4,16-19,21H2/b20-15+. The molecule has 1 N–H and O–H groups in total. The molecule has 0 aliphatic carbocycles. The highest BCUT2D eigenvalue weighted by molar-refractivity contribution is 7.95. The summed E-state index contributed by atoms with van der Waals surface area (Å²) < 4.78 is 40.4. The molecule has 1 aliphatic heterocycles. The first-order valence-corrected chi connectivity index (χ1v) is 13.0. The zero-order valence-corrected chi connectivity index (χ0v) is 20.1. The molecule has 0 saturated carbocycles. The Morgan fingerprint density at radius 1 is 0.886 bits per heavy atom. The number of carbonyl (C=O) groups is 1. The van der Waals surface area contributed by atoms with Gasteiger partial charge in [0.05, 0.1) is 5.41 Å². The topological polar surface area (TPSA) is 69.7 Å². The molecule has 1 aliphatic rings. The predicted octanol–water partition coefficient (Wildman–Crippen LogP) is 4.59. The number of nitrogens with one attached hydrogen (secondary N) is 1. The van der Waals surface area contributed by atoms with Crippen LogP contribution in [0, 0.1) is 5.82 Å². The van der Waals surface area contributed by atoms with Gasteiger partial charge in [-0.3, -0.25) is 14.4 Å². The van der Waals surface area contributed by atoms with Crippen molar-refractivity contribution in [1.29, 1.82) is 0 Å². The maximum absolute atomic E-state index is 13.1. The first-order chi connectivity index (χ1) is 16.9. The summed E-state index contributed by atoms with van der Waals surface area (Å²) in [5, 5.41) is 1.12. The average molecular weight is 494 g/mol. The Morgan fingerprint density at radius 2 is 1.60 bits per heavy atom. The van der Waals surface area contributed by atoms with Crippen molar-refractivity contribution in [3.05, 3.63) is 107 Å². The van der Waals surface area contributed by atoms with Gasteiger partial charge < -0.3 is 4.90 Å². The zero-order valence-electron chi connectivity index (χ0n) is 19.3. The summed E-state index contributed by atoms with van der Waals surface area (Å²) in [4.78, 5) is 17.1. The van der Waals surface area contributed by atoms with Gasteiger partial charge >= 0.3 is 0 Å². The Balaban J connectivity index is 1.32. The van der Waals surface area contributed by atoms with Crippen LogP contribution in [-0.4, -0.2) is 50.3 Å². The van der Waals surface area contributed by atoms with E-state index in [-0.39, 0.29) is 11.7 Å². The molecule has 0 bridgehead atoms. The summed E-state index contributed by atoms with van der Waals surface area (Å²) >= 11 is 0. The summed E-state index contributed by atoms with van der Waals surface area (Å²) in [7, 11) is -3.68. The van der Waals surface area contributed by atoms with Crippen molar-refractivity contribution >= 4 is 27.7 Å². The first-order valence-electron chi connectivity index (χ1n) is 11.5. The molecular weight excluding hydrogens is 465 g/mol. The van der Waals surface area contributed by atoms with Gasteiger partial charge in [0.1, 0.15) is 5.82 Å². The van der Waals surface area contributed by atoms with E-state index in [0.717, 1.165) is 42.6 Å². The molecule has 4 rings (SSSR count). The maximum Gasteiger partial charge on any atom is 0.255 e. The molecule has 1 saturated heterocycles. The van der Waals surface area contributed by atoms with E-state index in [1.165, 1.54) is 18.2 Å². The number of hydrogen-bond acceptors (Lipinski definition) is 4. The summed E-state index contributed by atoms with van der Waals surface area (Å²) in [5.74, 6) is -0.323. The van der Waals surface area contributed by atoms with Crippen LogP contribution in [0.4, 0.5) is 10.1 Å². The number of nitrogens with zero attached hydrogens (tertiary/aromatic N) is 2. The molecule has 0 radical (unpaired) electrons. The minimum absolute atomic E-state index is 0.0768. The zero-order chi connectivity index (χ0) is 24.7. The molecule has 3 aromatic rings. The van der Waals surface area contributed by atoms with Crippen LogP contribution in [0.1, 0.15) is 27.9 Å². The second-order valence-electron chi connectivity index (χ2n) is 8.49. The number of rotatable bonds is 7. The van der Waals surface area contributed by atoms with E-state index in [1.807, 2.05) is 35.2 Å². The van der Waals surface area contributed by atoms with E-state index in [4.69, 9.17) is 0 Å². The number of benzene rings is 3. The van der Waals surface area contributed by atoms with Crippen molar-refractivity contribution in [1.82, 2.24) is 9.80 Å². The van der Waals surface area contributed by atoms with Gasteiger partial charge in [0.15, 0.2) is 0 Å². The highest BCUT2D eigenvalue weighted by Crippen LogP contribution is 2.16. The van der Waals surface area contributed by atoms with Crippen LogP contribution >= 0.6 is 0 Å². The minimum Gasteiger partial charge on any atom is -0.337 e. The molecule has 3 aromatic carbocycles. The molecule has 1 heterocycles. The molecule has 0 spiro atoms. The largest absolute Gasteiger partial charge is 0.337 e. The lowest BCUT2D eigenvalue weighted by Gasteiger charge is -2.22. The monoisotopic (exact) mass is 493 g/mol. The van der Waals surface area contributed by atoms with E-state index >= 15 is 0 Å². The Labute approximate surface area is 205 Å². The summed E-state index contributed by atoms with van der Waals surface area (Å²) in [5.41, 5.74) is 2.73. The van der Waals surface area contributed by atoms with Crippen molar-refractivity contribution in [3.63, 3.8) is 0 Å². The predicted molar refractivity (Wildman–Crippen MR) is 137 cm³/mol. The van der Waals surface area contributed by atoms with Gasteiger partial charge in [-0.25, -0.2) is 12.8 Å². The maximum atomic E-state index is 13.1. The fourth-order valence-electron chi connectivity index (χ4n) is 3.97. The van der Waals surface area contributed by atoms with Crippen LogP contribution in [0.5, 0.6) is 0 Å². The molecule has 0 aromatic heterocycles. The number of halogens is 1. The molecule has 1 amide bonds.